The lowest BCUT2D eigenvalue weighted by Gasteiger charge is -2.33. The summed E-state index contributed by atoms with van der Waals surface area (Å²) < 4.78 is 53.5. The molecule has 4 heterocycles. The third-order valence-corrected chi connectivity index (χ3v) is 6.53. The molecule has 186 valence electrons. The summed E-state index contributed by atoms with van der Waals surface area (Å²) in [6, 6.07) is 11.0. The number of nitrogens with zero attached hydrogens (tertiary/aromatic N) is 2. The van der Waals surface area contributed by atoms with Crippen LogP contribution in [-0.2, 0) is 6.54 Å². The maximum atomic E-state index is 14.0. The number of anilines is 1. The van der Waals surface area contributed by atoms with Gasteiger partial charge in [-0.25, -0.2) is 4.68 Å². The Hall–Kier alpha value is -3.86. The zero-order chi connectivity index (χ0) is 25.0. The molecule has 2 aliphatic rings. The van der Waals surface area contributed by atoms with Crippen molar-refractivity contribution in [3.63, 3.8) is 0 Å². The van der Waals surface area contributed by atoms with Crippen LogP contribution in [0.4, 0.5) is 19.0 Å². The van der Waals surface area contributed by atoms with Crippen molar-refractivity contribution in [1.29, 1.82) is 0 Å². The van der Waals surface area contributed by atoms with E-state index in [0.717, 1.165) is 21.3 Å². The standard InChI is InChI=1S/C24H19ClF3N5O3/c25-14-2-3-16-13(5-14)6-15(30-16)10-29-23(34)18-9-22-31-17(8-21(24(26,27)28)33(22)32-18)12-1-4-19-20(7-12)36-11-35-19/h1-7,9,17,21,30-31H,8,10-11H2,(H,29,34)/t17-,21-/m0/s1. The summed E-state index contributed by atoms with van der Waals surface area (Å²) in [5.74, 6) is 0.549. The highest BCUT2D eigenvalue weighted by Crippen LogP contribution is 2.45. The summed E-state index contributed by atoms with van der Waals surface area (Å²) in [6.45, 7) is 0.211. The largest absolute Gasteiger partial charge is 0.454 e. The topological polar surface area (TPSA) is 93.2 Å². The average Bonchev–Trinajstić information content (AvgIpc) is 3.57. The van der Waals surface area contributed by atoms with Gasteiger partial charge in [-0.2, -0.15) is 18.3 Å². The predicted octanol–water partition coefficient (Wildman–Crippen LogP) is 5.34. The van der Waals surface area contributed by atoms with Gasteiger partial charge in [0, 0.05) is 34.1 Å². The summed E-state index contributed by atoms with van der Waals surface area (Å²) in [7, 11) is 0. The normalized spacial score (nSPS) is 18.7. The maximum Gasteiger partial charge on any atom is 0.410 e. The SMILES string of the molecule is O=C(NCc1cc2cc(Cl)ccc2[nH]1)c1cc2n(n1)[C@H](C(F)(F)F)C[C@@H](c1ccc3c(c1)OCO3)N2. The second kappa shape index (κ2) is 8.37. The Bertz CT molecular complexity index is 1480. The molecule has 2 atom stereocenters. The Kier molecular flexibility index (Phi) is 5.25. The molecule has 12 heteroatoms. The van der Waals surface area contributed by atoms with Gasteiger partial charge in [0.05, 0.1) is 12.6 Å². The molecule has 2 aromatic carbocycles. The van der Waals surface area contributed by atoms with E-state index in [1.54, 1.807) is 30.3 Å². The lowest BCUT2D eigenvalue weighted by Crippen LogP contribution is -2.35. The average molecular weight is 518 g/mol. The van der Waals surface area contributed by atoms with Gasteiger partial charge in [-0.1, -0.05) is 17.7 Å². The molecule has 0 saturated heterocycles. The van der Waals surface area contributed by atoms with Crippen molar-refractivity contribution in [1.82, 2.24) is 20.1 Å². The van der Waals surface area contributed by atoms with Gasteiger partial charge in [-0.05, 0) is 42.0 Å². The Balaban J connectivity index is 1.23. The Morgan fingerprint density at radius 1 is 1.14 bits per heavy atom. The van der Waals surface area contributed by atoms with E-state index in [9.17, 15) is 18.0 Å². The number of hydrogen-bond acceptors (Lipinski definition) is 5. The second-order valence-electron chi connectivity index (χ2n) is 8.67. The molecular formula is C24H19ClF3N5O3. The monoisotopic (exact) mass is 517 g/mol. The fourth-order valence-corrected chi connectivity index (χ4v) is 4.74. The molecule has 0 bridgehead atoms. The van der Waals surface area contributed by atoms with Crippen molar-refractivity contribution in [2.45, 2.75) is 31.2 Å². The number of carbonyl (C=O) groups excluding carboxylic acids is 1. The number of halogens is 4. The van der Waals surface area contributed by atoms with Crippen LogP contribution in [0, 0.1) is 0 Å². The Morgan fingerprint density at radius 3 is 2.81 bits per heavy atom. The summed E-state index contributed by atoms with van der Waals surface area (Å²) in [4.78, 5) is 15.9. The predicted molar refractivity (Wildman–Crippen MR) is 125 cm³/mol. The molecule has 8 nitrogen and oxygen atoms in total. The molecule has 36 heavy (non-hydrogen) atoms. The molecule has 2 aliphatic heterocycles. The van der Waals surface area contributed by atoms with E-state index in [4.69, 9.17) is 21.1 Å². The second-order valence-corrected chi connectivity index (χ2v) is 9.11. The highest BCUT2D eigenvalue weighted by atomic mass is 35.5. The lowest BCUT2D eigenvalue weighted by atomic mass is 9.96. The Labute approximate surface area is 207 Å². The van der Waals surface area contributed by atoms with E-state index in [2.05, 4.69) is 20.7 Å². The molecule has 2 aromatic heterocycles. The van der Waals surface area contributed by atoms with Crippen molar-refractivity contribution < 1.29 is 27.4 Å². The van der Waals surface area contributed by atoms with E-state index in [0.29, 0.717) is 22.1 Å². The first kappa shape index (κ1) is 22.6. The number of ether oxygens (including phenoxy) is 2. The fourth-order valence-electron chi connectivity index (χ4n) is 4.56. The minimum absolute atomic E-state index is 0.0690. The number of amides is 1. The first-order valence-corrected chi connectivity index (χ1v) is 11.5. The lowest BCUT2D eigenvalue weighted by molar-refractivity contribution is -0.173. The highest BCUT2D eigenvalue weighted by Gasteiger charge is 2.47. The van der Waals surface area contributed by atoms with E-state index < -0.39 is 24.2 Å². The van der Waals surface area contributed by atoms with Crippen molar-refractivity contribution in [3.05, 3.63) is 70.5 Å². The number of H-pyrrole nitrogens is 1. The molecule has 6 rings (SSSR count). The smallest absolute Gasteiger partial charge is 0.410 e. The van der Waals surface area contributed by atoms with E-state index in [-0.39, 0.29) is 31.3 Å². The molecule has 0 fully saturated rings. The summed E-state index contributed by atoms with van der Waals surface area (Å²) in [5.41, 5.74) is 2.08. The summed E-state index contributed by atoms with van der Waals surface area (Å²) in [5, 5.41) is 11.3. The van der Waals surface area contributed by atoms with Gasteiger partial charge in [0.2, 0.25) is 6.79 Å². The fraction of sp³-hybridized carbons (Fsp3) is 0.250. The molecule has 0 radical (unpaired) electrons. The molecule has 0 unspecified atom stereocenters. The first-order valence-electron chi connectivity index (χ1n) is 11.1. The molecule has 3 N–H and O–H groups in total. The van der Waals surface area contributed by atoms with Crippen molar-refractivity contribution in [2.24, 2.45) is 0 Å². The molecular weight excluding hydrogens is 499 g/mol. The molecule has 1 amide bonds. The van der Waals surface area contributed by atoms with Gasteiger partial charge in [0.15, 0.2) is 23.2 Å². The van der Waals surface area contributed by atoms with Gasteiger partial charge < -0.3 is 25.1 Å². The van der Waals surface area contributed by atoms with Crippen LogP contribution in [-0.4, -0.2) is 33.6 Å². The third-order valence-electron chi connectivity index (χ3n) is 6.30. The van der Waals surface area contributed by atoms with Crippen molar-refractivity contribution >= 4 is 34.2 Å². The number of carbonyl (C=O) groups is 1. The number of alkyl halides is 3. The molecule has 0 spiro atoms. The highest BCUT2D eigenvalue weighted by molar-refractivity contribution is 6.31. The van der Waals surface area contributed by atoms with Crippen LogP contribution < -0.4 is 20.1 Å². The molecule has 0 aliphatic carbocycles. The minimum atomic E-state index is -4.56. The van der Waals surface area contributed by atoms with Crippen LogP contribution in [0.1, 0.15) is 40.3 Å². The maximum absolute atomic E-state index is 14.0. The minimum Gasteiger partial charge on any atom is -0.454 e. The van der Waals surface area contributed by atoms with Crippen LogP contribution >= 0.6 is 11.6 Å². The number of benzene rings is 2. The van der Waals surface area contributed by atoms with Crippen LogP contribution in [0.2, 0.25) is 5.02 Å². The number of aromatic nitrogens is 3. The summed E-state index contributed by atoms with van der Waals surface area (Å²) >= 11 is 6.01. The van der Waals surface area contributed by atoms with Gasteiger partial charge in [-0.15, -0.1) is 0 Å². The van der Waals surface area contributed by atoms with Gasteiger partial charge in [0.25, 0.3) is 5.91 Å². The zero-order valence-electron chi connectivity index (χ0n) is 18.5. The number of hydrogen-bond donors (Lipinski definition) is 3. The van der Waals surface area contributed by atoms with Crippen LogP contribution in [0.5, 0.6) is 11.5 Å². The van der Waals surface area contributed by atoms with E-state index >= 15 is 0 Å². The zero-order valence-corrected chi connectivity index (χ0v) is 19.3. The first-order chi connectivity index (χ1) is 17.2. The van der Waals surface area contributed by atoms with Crippen molar-refractivity contribution in [2.75, 3.05) is 12.1 Å². The summed E-state index contributed by atoms with van der Waals surface area (Å²) in [6.07, 6.45) is -4.85. The van der Waals surface area contributed by atoms with Gasteiger partial charge in [-0.3, -0.25) is 4.79 Å². The number of nitrogens with one attached hydrogen (secondary N) is 3. The van der Waals surface area contributed by atoms with Crippen LogP contribution in [0.15, 0.2) is 48.5 Å². The van der Waals surface area contributed by atoms with Crippen LogP contribution in [0.25, 0.3) is 10.9 Å². The van der Waals surface area contributed by atoms with Crippen LogP contribution in [0.3, 0.4) is 0 Å². The third kappa shape index (κ3) is 4.09. The van der Waals surface area contributed by atoms with Gasteiger partial charge in [0.1, 0.15) is 5.82 Å². The van der Waals surface area contributed by atoms with E-state index in [1.807, 2.05) is 12.1 Å². The van der Waals surface area contributed by atoms with Gasteiger partial charge >= 0.3 is 6.18 Å². The molecule has 0 saturated carbocycles. The van der Waals surface area contributed by atoms with Crippen molar-refractivity contribution in [3.8, 4) is 11.5 Å². The quantitative estimate of drug-likeness (QED) is 0.340. The van der Waals surface area contributed by atoms with E-state index in [1.165, 1.54) is 6.07 Å². The number of aromatic amines is 1. The Morgan fingerprint density at radius 2 is 1.97 bits per heavy atom. The number of fused-ring (bicyclic) bond motifs is 3. The number of rotatable bonds is 4. The molecule has 4 aromatic rings.